The van der Waals surface area contributed by atoms with Crippen LogP contribution in [0.25, 0.3) is 0 Å². The fourth-order valence-corrected chi connectivity index (χ4v) is 2.70. The van der Waals surface area contributed by atoms with E-state index in [1.165, 1.54) is 11.3 Å². The number of rotatable bonds is 6. The molecule has 1 atom stereocenters. The first-order chi connectivity index (χ1) is 9.75. The molecule has 1 aromatic heterocycles. The standard InChI is InChI=1S/C15H19NO3S/c17-14(19-10-12-4-2-1-3-5-12)6-8-16-15(18)13-7-9-20-11-13/h1-2,7,9,11-12H,3-6,8,10H2,(H,16,18). The number of thiophene rings is 1. The number of amides is 1. The van der Waals surface area contributed by atoms with Crippen LogP contribution in [0.15, 0.2) is 29.0 Å². The van der Waals surface area contributed by atoms with Crippen LogP contribution in [0.2, 0.25) is 0 Å². The van der Waals surface area contributed by atoms with E-state index < -0.39 is 0 Å². The lowest BCUT2D eigenvalue weighted by Gasteiger charge is -2.17. The monoisotopic (exact) mass is 293 g/mol. The van der Waals surface area contributed by atoms with E-state index in [1.54, 1.807) is 11.4 Å². The lowest BCUT2D eigenvalue weighted by Crippen LogP contribution is -2.26. The Morgan fingerprint density at radius 2 is 2.30 bits per heavy atom. The van der Waals surface area contributed by atoms with Crippen molar-refractivity contribution in [2.24, 2.45) is 5.92 Å². The van der Waals surface area contributed by atoms with Crippen LogP contribution in [0.5, 0.6) is 0 Å². The molecule has 1 N–H and O–H groups in total. The molecule has 0 saturated carbocycles. The Morgan fingerprint density at radius 1 is 1.40 bits per heavy atom. The maximum absolute atomic E-state index is 11.6. The Labute approximate surface area is 122 Å². The fraction of sp³-hybridized carbons (Fsp3) is 0.467. The van der Waals surface area contributed by atoms with Gasteiger partial charge >= 0.3 is 5.97 Å². The zero-order chi connectivity index (χ0) is 14.2. The molecule has 0 spiro atoms. The van der Waals surface area contributed by atoms with Gasteiger partial charge in [-0.2, -0.15) is 11.3 Å². The van der Waals surface area contributed by atoms with Gasteiger partial charge in [0.05, 0.1) is 13.0 Å². The second-order valence-electron chi connectivity index (χ2n) is 4.85. The summed E-state index contributed by atoms with van der Waals surface area (Å²) < 4.78 is 5.23. The van der Waals surface area contributed by atoms with Crippen molar-refractivity contribution in [3.63, 3.8) is 0 Å². The molecule has 1 aliphatic carbocycles. The predicted octanol–water partition coefficient (Wildman–Crippen LogP) is 2.77. The lowest BCUT2D eigenvalue weighted by molar-refractivity contribution is -0.144. The third kappa shape index (κ3) is 4.81. The zero-order valence-corrected chi connectivity index (χ0v) is 12.2. The third-order valence-corrected chi connectivity index (χ3v) is 3.94. The largest absolute Gasteiger partial charge is 0.465 e. The molecule has 0 aliphatic heterocycles. The van der Waals surface area contributed by atoms with Crippen LogP contribution in [-0.4, -0.2) is 25.0 Å². The van der Waals surface area contributed by atoms with Crippen molar-refractivity contribution >= 4 is 23.2 Å². The van der Waals surface area contributed by atoms with E-state index in [-0.39, 0.29) is 18.3 Å². The van der Waals surface area contributed by atoms with Crippen molar-refractivity contribution in [1.82, 2.24) is 5.32 Å². The van der Waals surface area contributed by atoms with Gasteiger partial charge in [-0.15, -0.1) is 0 Å². The molecule has 1 heterocycles. The highest BCUT2D eigenvalue weighted by atomic mass is 32.1. The van der Waals surface area contributed by atoms with Gasteiger partial charge in [0.15, 0.2) is 0 Å². The maximum atomic E-state index is 11.6. The normalized spacial score (nSPS) is 17.7. The Morgan fingerprint density at radius 3 is 3.00 bits per heavy atom. The highest BCUT2D eigenvalue weighted by Gasteiger charge is 2.13. The first kappa shape index (κ1) is 14.8. The van der Waals surface area contributed by atoms with Crippen molar-refractivity contribution in [2.75, 3.05) is 13.2 Å². The quantitative estimate of drug-likeness (QED) is 0.648. The van der Waals surface area contributed by atoms with Gasteiger partial charge in [0.1, 0.15) is 0 Å². The molecule has 108 valence electrons. The second kappa shape index (κ2) is 7.85. The number of carbonyl (C=O) groups is 2. The summed E-state index contributed by atoms with van der Waals surface area (Å²) in [6.45, 7) is 0.805. The lowest BCUT2D eigenvalue weighted by atomic mass is 9.95. The van der Waals surface area contributed by atoms with E-state index in [1.807, 2.05) is 5.38 Å². The summed E-state index contributed by atoms with van der Waals surface area (Å²) in [5.41, 5.74) is 0.636. The minimum absolute atomic E-state index is 0.142. The van der Waals surface area contributed by atoms with E-state index >= 15 is 0 Å². The SMILES string of the molecule is O=C(CCNC(=O)c1ccsc1)OCC1CC=CCC1. The summed E-state index contributed by atoms with van der Waals surface area (Å²) in [5.74, 6) is 0.0611. The zero-order valence-electron chi connectivity index (χ0n) is 11.3. The molecular formula is C15H19NO3S. The summed E-state index contributed by atoms with van der Waals surface area (Å²) in [7, 11) is 0. The van der Waals surface area contributed by atoms with Crippen LogP contribution in [0.4, 0.5) is 0 Å². The third-order valence-electron chi connectivity index (χ3n) is 3.26. The van der Waals surface area contributed by atoms with Gasteiger partial charge in [-0.1, -0.05) is 12.2 Å². The Kier molecular flexibility index (Phi) is 5.80. The number of hydrogen-bond acceptors (Lipinski definition) is 4. The molecule has 2 rings (SSSR count). The Hall–Kier alpha value is -1.62. The number of ether oxygens (including phenoxy) is 1. The molecular weight excluding hydrogens is 274 g/mol. The van der Waals surface area contributed by atoms with E-state index in [9.17, 15) is 9.59 Å². The van der Waals surface area contributed by atoms with E-state index in [0.29, 0.717) is 24.6 Å². The summed E-state index contributed by atoms with van der Waals surface area (Å²) >= 11 is 1.47. The predicted molar refractivity (Wildman–Crippen MR) is 78.7 cm³/mol. The second-order valence-corrected chi connectivity index (χ2v) is 5.63. The molecule has 1 unspecified atom stereocenters. The summed E-state index contributed by atoms with van der Waals surface area (Å²) in [5, 5.41) is 6.34. The van der Waals surface area contributed by atoms with Crippen LogP contribution >= 0.6 is 11.3 Å². The van der Waals surface area contributed by atoms with Crippen LogP contribution in [-0.2, 0) is 9.53 Å². The van der Waals surface area contributed by atoms with E-state index in [4.69, 9.17) is 4.74 Å². The average Bonchev–Trinajstić information content (AvgIpc) is 3.00. The number of hydrogen-bond donors (Lipinski definition) is 1. The molecule has 1 aromatic rings. The van der Waals surface area contributed by atoms with Crippen LogP contribution in [0.3, 0.4) is 0 Å². The molecule has 20 heavy (non-hydrogen) atoms. The topological polar surface area (TPSA) is 55.4 Å². The number of carbonyl (C=O) groups excluding carboxylic acids is 2. The minimum atomic E-state index is -0.245. The van der Waals surface area contributed by atoms with Crippen molar-refractivity contribution in [2.45, 2.75) is 25.7 Å². The molecule has 0 bridgehead atoms. The highest BCUT2D eigenvalue weighted by Crippen LogP contribution is 2.18. The highest BCUT2D eigenvalue weighted by molar-refractivity contribution is 7.08. The number of nitrogens with one attached hydrogen (secondary N) is 1. The molecule has 0 radical (unpaired) electrons. The molecule has 0 saturated heterocycles. The maximum Gasteiger partial charge on any atom is 0.307 e. The molecule has 1 aliphatic rings. The van der Waals surface area contributed by atoms with E-state index in [2.05, 4.69) is 17.5 Å². The average molecular weight is 293 g/mol. The fourth-order valence-electron chi connectivity index (χ4n) is 2.06. The van der Waals surface area contributed by atoms with Gasteiger partial charge in [-0.3, -0.25) is 9.59 Å². The molecule has 4 nitrogen and oxygen atoms in total. The van der Waals surface area contributed by atoms with Crippen molar-refractivity contribution in [3.05, 3.63) is 34.5 Å². The molecule has 5 heteroatoms. The smallest absolute Gasteiger partial charge is 0.307 e. The number of esters is 1. The molecule has 0 fully saturated rings. The van der Waals surface area contributed by atoms with Crippen LogP contribution in [0, 0.1) is 5.92 Å². The van der Waals surface area contributed by atoms with Crippen molar-refractivity contribution in [3.8, 4) is 0 Å². The summed E-state index contributed by atoms with van der Waals surface area (Å²) in [4.78, 5) is 23.2. The van der Waals surface area contributed by atoms with Gasteiger partial charge in [-0.05, 0) is 36.6 Å². The number of allylic oxidation sites excluding steroid dienone is 2. The van der Waals surface area contributed by atoms with Crippen molar-refractivity contribution < 1.29 is 14.3 Å². The Balaban J connectivity index is 1.58. The van der Waals surface area contributed by atoms with Gasteiger partial charge in [-0.25, -0.2) is 0 Å². The summed E-state index contributed by atoms with van der Waals surface area (Å²) in [6, 6.07) is 1.76. The Bertz CT molecular complexity index is 467. The first-order valence-corrected chi connectivity index (χ1v) is 7.81. The van der Waals surface area contributed by atoms with Crippen LogP contribution < -0.4 is 5.32 Å². The van der Waals surface area contributed by atoms with Crippen molar-refractivity contribution in [1.29, 1.82) is 0 Å². The van der Waals surface area contributed by atoms with Gasteiger partial charge in [0.2, 0.25) is 0 Å². The summed E-state index contributed by atoms with van der Waals surface area (Å²) in [6.07, 6.45) is 7.67. The minimum Gasteiger partial charge on any atom is -0.465 e. The molecule has 1 amide bonds. The van der Waals surface area contributed by atoms with Gasteiger partial charge < -0.3 is 10.1 Å². The van der Waals surface area contributed by atoms with Crippen LogP contribution in [0.1, 0.15) is 36.0 Å². The first-order valence-electron chi connectivity index (χ1n) is 6.86. The van der Waals surface area contributed by atoms with Gasteiger partial charge in [0.25, 0.3) is 5.91 Å². The molecule has 0 aromatic carbocycles. The van der Waals surface area contributed by atoms with E-state index in [0.717, 1.165) is 19.3 Å². The van der Waals surface area contributed by atoms with Gasteiger partial charge in [0, 0.05) is 17.5 Å².